The summed E-state index contributed by atoms with van der Waals surface area (Å²) in [7, 11) is 0. The van der Waals surface area contributed by atoms with E-state index < -0.39 is 11.8 Å². The molecule has 1 aromatic carbocycles. The molecular weight excluding hydrogens is 332 g/mol. The van der Waals surface area contributed by atoms with Gasteiger partial charge in [0.15, 0.2) is 6.23 Å². The van der Waals surface area contributed by atoms with Gasteiger partial charge in [-0.15, -0.1) is 0 Å². The number of aliphatic hydroxyl groups excluding tert-OH is 1. The second-order valence-electron chi connectivity index (χ2n) is 8.05. The van der Waals surface area contributed by atoms with E-state index in [1.165, 1.54) is 4.90 Å². The van der Waals surface area contributed by atoms with Gasteiger partial charge in [-0.3, -0.25) is 4.79 Å². The normalized spacial score (nSPS) is 19.9. The van der Waals surface area contributed by atoms with Crippen molar-refractivity contribution in [2.75, 3.05) is 19.6 Å². The van der Waals surface area contributed by atoms with E-state index in [0.29, 0.717) is 43.6 Å². The first-order valence-corrected chi connectivity index (χ1v) is 9.34. The van der Waals surface area contributed by atoms with Gasteiger partial charge in [-0.05, 0) is 57.2 Å². The smallest absolute Gasteiger partial charge is 0.410 e. The molecular formula is C20H28N2O4. The highest BCUT2D eigenvalue weighted by Gasteiger charge is 2.36. The summed E-state index contributed by atoms with van der Waals surface area (Å²) >= 11 is 0. The summed E-state index contributed by atoms with van der Waals surface area (Å²) in [6.45, 7) is 9.25. The lowest BCUT2D eigenvalue weighted by atomic mass is 9.96. The van der Waals surface area contributed by atoms with E-state index in [0.717, 1.165) is 17.5 Å². The van der Waals surface area contributed by atoms with Crippen molar-refractivity contribution in [1.82, 2.24) is 9.80 Å². The van der Waals surface area contributed by atoms with Crippen molar-refractivity contribution >= 4 is 12.0 Å². The summed E-state index contributed by atoms with van der Waals surface area (Å²) in [5, 5.41) is 10.5. The monoisotopic (exact) mass is 360 g/mol. The predicted molar refractivity (Wildman–Crippen MR) is 97.9 cm³/mol. The van der Waals surface area contributed by atoms with Crippen molar-refractivity contribution in [1.29, 1.82) is 0 Å². The summed E-state index contributed by atoms with van der Waals surface area (Å²) in [6, 6.07) is 3.85. The van der Waals surface area contributed by atoms with E-state index >= 15 is 0 Å². The largest absolute Gasteiger partial charge is 0.444 e. The lowest BCUT2D eigenvalue weighted by molar-refractivity contribution is 0.0175. The average molecular weight is 360 g/mol. The van der Waals surface area contributed by atoms with Gasteiger partial charge < -0.3 is 19.6 Å². The Kier molecular flexibility index (Phi) is 4.97. The Morgan fingerprint density at radius 1 is 1.23 bits per heavy atom. The van der Waals surface area contributed by atoms with Crippen molar-refractivity contribution in [3.63, 3.8) is 0 Å². The maximum Gasteiger partial charge on any atom is 0.410 e. The quantitative estimate of drug-likeness (QED) is 0.880. The molecule has 1 unspecified atom stereocenters. The summed E-state index contributed by atoms with van der Waals surface area (Å²) in [6.07, 6.45) is 1.01. The van der Waals surface area contributed by atoms with Crippen LogP contribution in [0.5, 0.6) is 0 Å². The molecule has 0 saturated heterocycles. The van der Waals surface area contributed by atoms with E-state index in [-0.39, 0.29) is 12.0 Å². The Labute approximate surface area is 154 Å². The molecule has 0 spiro atoms. The zero-order chi connectivity index (χ0) is 19.1. The number of amides is 2. The van der Waals surface area contributed by atoms with E-state index in [1.807, 2.05) is 39.8 Å². The molecule has 1 N–H and O–H groups in total. The zero-order valence-corrected chi connectivity index (χ0v) is 16.0. The van der Waals surface area contributed by atoms with Gasteiger partial charge in [-0.2, -0.15) is 0 Å². The summed E-state index contributed by atoms with van der Waals surface area (Å²) in [5.74, 6) is -0.106. The molecule has 26 heavy (non-hydrogen) atoms. The van der Waals surface area contributed by atoms with Crippen LogP contribution in [0.3, 0.4) is 0 Å². The van der Waals surface area contributed by atoms with Gasteiger partial charge in [0, 0.05) is 30.8 Å². The second kappa shape index (κ2) is 6.91. The first-order chi connectivity index (χ1) is 12.2. The molecule has 0 fully saturated rings. The third kappa shape index (κ3) is 3.56. The minimum atomic E-state index is -0.868. The standard InChI is InChI=1S/C20H28N2O4/c1-5-8-22-17(23)15-11-13-6-9-21(19(25)26-20(2,3)4)10-7-14(13)12-16(15)18(22)24/h11-12,17,23H,5-10H2,1-4H3. The predicted octanol–water partition coefficient (Wildman–Crippen LogP) is 2.88. The Morgan fingerprint density at radius 2 is 1.85 bits per heavy atom. The first-order valence-electron chi connectivity index (χ1n) is 9.34. The molecule has 0 saturated carbocycles. The van der Waals surface area contributed by atoms with Crippen LogP contribution in [0.15, 0.2) is 12.1 Å². The van der Waals surface area contributed by atoms with Gasteiger partial charge in [0.2, 0.25) is 0 Å². The average Bonchev–Trinajstić information content (AvgIpc) is 2.72. The highest BCUT2D eigenvalue weighted by Crippen LogP contribution is 2.34. The van der Waals surface area contributed by atoms with E-state index in [9.17, 15) is 14.7 Å². The second-order valence-corrected chi connectivity index (χ2v) is 8.05. The van der Waals surface area contributed by atoms with Crippen LogP contribution in [0.1, 0.15) is 67.4 Å². The van der Waals surface area contributed by atoms with Crippen LogP contribution in [0.4, 0.5) is 4.79 Å². The summed E-state index contributed by atoms with van der Waals surface area (Å²) in [4.78, 5) is 28.2. The fourth-order valence-electron chi connectivity index (χ4n) is 3.60. The van der Waals surface area contributed by atoms with Crippen LogP contribution >= 0.6 is 0 Å². The van der Waals surface area contributed by atoms with Crippen LogP contribution in [0.25, 0.3) is 0 Å². The number of ether oxygens (including phenoxy) is 1. The Bertz CT molecular complexity index is 723. The zero-order valence-electron chi connectivity index (χ0n) is 16.0. The molecule has 1 atom stereocenters. The summed E-state index contributed by atoms with van der Waals surface area (Å²) < 4.78 is 5.47. The van der Waals surface area contributed by atoms with Gasteiger partial charge in [-0.1, -0.05) is 13.0 Å². The maximum atomic E-state index is 12.6. The third-order valence-electron chi connectivity index (χ3n) is 4.85. The third-order valence-corrected chi connectivity index (χ3v) is 4.85. The van der Waals surface area contributed by atoms with Crippen molar-refractivity contribution in [3.05, 3.63) is 34.4 Å². The molecule has 6 heteroatoms. The fraction of sp³-hybridized carbons (Fsp3) is 0.600. The highest BCUT2D eigenvalue weighted by molar-refractivity contribution is 5.99. The molecule has 3 rings (SSSR count). The van der Waals surface area contributed by atoms with Gasteiger partial charge in [0.1, 0.15) is 5.60 Å². The van der Waals surface area contributed by atoms with Gasteiger partial charge in [0.05, 0.1) is 0 Å². The molecule has 2 amide bonds. The number of rotatable bonds is 2. The first kappa shape index (κ1) is 18.7. The highest BCUT2D eigenvalue weighted by atomic mass is 16.6. The van der Waals surface area contributed by atoms with Gasteiger partial charge in [0.25, 0.3) is 5.91 Å². The lowest BCUT2D eigenvalue weighted by Gasteiger charge is -2.26. The SMILES string of the molecule is CCCN1C(=O)c2cc3c(cc2C1O)CCN(C(=O)OC(C)(C)C)CC3. The molecule has 142 valence electrons. The molecule has 1 aromatic rings. The topological polar surface area (TPSA) is 70.1 Å². The van der Waals surface area contributed by atoms with Crippen LogP contribution in [-0.4, -0.2) is 52.1 Å². The minimum Gasteiger partial charge on any atom is -0.444 e. The summed E-state index contributed by atoms with van der Waals surface area (Å²) in [5.41, 5.74) is 2.94. The van der Waals surface area contributed by atoms with Crippen LogP contribution in [0, 0.1) is 0 Å². The van der Waals surface area contributed by atoms with E-state index in [4.69, 9.17) is 4.74 Å². The molecule has 0 aliphatic carbocycles. The van der Waals surface area contributed by atoms with Crippen molar-refractivity contribution in [2.45, 2.75) is 58.8 Å². The molecule has 2 aliphatic heterocycles. The van der Waals surface area contributed by atoms with E-state index in [1.54, 1.807) is 4.90 Å². The number of carbonyl (C=O) groups excluding carboxylic acids is 2. The Balaban J connectivity index is 1.80. The van der Waals surface area contributed by atoms with Crippen LogP contribution in [-0.2, 0) is 17.6 Å². The lowest BCUT2D eigenvalue weighted by Crippen LogP contribution is -2.38. The van der Waals surface area contributed by atoms with Gasteiger partial charge >= 0.3 is 6.09 Å². The van der Waals surface area contributed by atoms with Crippen LogP contribution in [0.2, 0.25) is 0 Å². The molecule has 0 bridgehead atoms. The molecule has 2 heterocycles. The number of nitrogens with zero attached hydrogens (tertiary/aromatic N) is 2. The molecule has 2 aliphatic rings. The number of fused-ring (bicyclic) bond motifs is 2. The molecule has 6 nitrogen and oxygen atoms in total. The Hall–Kier alpha value is -2.08. The maximum absolute atomic E-state index is 12.6. The fourth-order valence-corrected chi connectivity index (χ4v) is 3.60. The van der Waals surface area contributed by atoms with Gasteiger partial charge in [-0.25, -0.2) is 4.79 Å². The van der Waals surface area contributed by atoms with Crippen molar-refractivity contribution in [2.24, 2.45) is 0 Å². The van der Waals surface area contributed by atoms with Crippen molar-refractivity contribution in [3.8, 4) is 0 Å². The number of benzene rings is 1. The number of hydrogen-bond acceptors (Lipinski definition) is 4. The van der Waals surface area contributed by atoms with E-state index in [2.05, 4.69) is 0 Å². The van der Waals surface area contributed by atoms with Crippen molar-refractivity contribution < 1.29 is 19.4 Å². The molecule has 0 radical (unpaired) electrons. The number of aliphatic hydroxyl groups is 1. The Morgan fingerprint density at radius 3 is 2.42 bits per heavy atom. The number of carbonyl (C=O) groups is 2. The number of hydrogen-bond donors (Lipinski definition) is 1. The minimum absolute atomic E-state index is 0.106. The molecule has 0 aromatic heterocycles. The van der Waals surface area contributed by atoms with Crippen LogP contribution < -0.4 is 0 Å².